The summed E-state index contributed by atoms with van der Waals surface area (Å²) in [5.41, 5.74) is 3.19. The molecule has 21 heavy (non-hydrogen) atoms. The fourth-order valence-corrected chi connectivity index (χ4v) is 3.40. The molecular formula is C19H16OS. The first kappa shape index (κ1) is 13.9. The minimum Gasteiger partial charge on any atom is -0.329 e. The Morgan fingerprint density at radius 3 is 1.05 bits per heavy atom. The lowest BCUT2D eigenvalue weighted by molar-refractivity contribution is 0.639. The molecule has 0 aliphatic rings. The maximum atomic E-state index is 10.3. The summed E-state index contributed by atoms with van der Waals surface area (Å²) in [6.45, 7) is 0. The van der Waals surface area contributed by atoms with E-state index in [1.54, 1.807) is 0 Å². The molecule has 0 aliphatic carbocycles. The Morgan fingerprint density at radius 1 is 0.524 bits per heavy atom. The van der Waals surface area contributed by atoms with Crippen molar-refractivity contribution in [3.63, 3.8) is 0 Å². The van der Waals surface area contributed by atoms with Gasteiger partial charge in [0.1, 0.15) is 4.75 Å². The van der Waals surface area contributed by atoms with Gasteiger partial charge >= 0.3 is 0 Å². The average molecular weight is 292 g/mol. The maximum Gasteiger partial charge on any atom is 0.117 e. The molecule has 0 fully saturated rings. The number of rotatable bonds is 4. The van der Waals surface area contributed by atoms with Crippen molar-refractivity contribution in [3.8, 4) is 0 Å². The summed E-state index contributed by atoms with van der Waals surface area (Å²) >= 11 is 0.877. The highest BCUT2D eigenvalue weighted by Crippen LogP contribution is 2.46. The second-order valence-electron chi connectivity index (χ2n) is 4.87. The normalized spacial score (nSPS) is 11.3. The first-order chi connectivity index (χ1) is 10.4. The lowest BCUT2D eigenvalue weighted by Gasteiger charge is -2.32. The molecule has 1 nitrogen and oxygen atoms in total. The van der Waals surface area contributed by atoms with E-state index in [2.05, 4.69) is 36.4 Å². The third-order valence-electron chi connectivity index (χ3n) is 3.68. The fourth-order valence-electron chi connectivity index (χ4n) is 2.68. The van der Waals surface area contributed by atoms with Crippen LogP contribution >= 0.6 is 12.0 Å². The zero-order chi connectivity index (χ0) is 14.5. The first-order valence-electron chi connectivity index (χ1n) is 6.87. The molecule has 0 saturated heterocycles. The molecule has 0 aliphatic heterocycles. The van der Waals surface area contributed by atoms with Crippen LogP contribution in [0, 0.1) is 0 Å². The summed E-state index contributed by atoms with van der Waals surface area (Å²) in [6, 6.07) is 30.4. The predicted octanol–water partition coefficient (Wildman–Crippen LogP) is 5.18. The molecular weight excluding hydrogens is 276 g/mol. The zero-order valence-electron chi connectivity index (χ0n) is 11.5. The van der Waals surface area contributed by atoms with Crippen LogP contribution in [0.5, 0.6) is 0 Å². The van der Waals surface area contributed by atoms with Crippen molar-refractivity contribution < 1.29 is 4.55 Å². The van der Waals surface area contributed by atoms with E-state index in [1.165, 1.54) is 0 Å². The lowest BCUT2D eigenvalue weighted by Crippen LogP contribution is -2.25. The number of hydrogen-bond acceptors (Lipinski definition) is 2. The van der Waals surface area contributed by atoms with Gasteiger partial charge in [-0.25, -0.2) is 0 Å². The summed E-state index contributed by atoms with van der Waals surface area (Å²) in [5.74, 6) is 0. The highest BCUT2D eigenvalue weighted by molar-refractivity contribution is 7.95. The third-order valence-corrected chi connectivity index (χ3v) is 4.66. The molecule has 3 aromatic rings. The molecule has 3 aromatic carbocycles. The first-order valence-corrected chi connectivity index (χ1v) is 7.64. The van der Waals surface area contributed by atoms with E-state index in [4.69, 9.17) is 0 Å². The quantitative estimate of drug-likeness (QED) is 0.528. The van der Waals surface area contributed by atoms with Crippen molar-refractivity contribution in [2.45, 2.75) is 4.75 Å². The smallest absolute Gasteiger partial charge is 0.117 e. The molecule has 2 heteroatoms. The van der Waals surface area contributed by atoms with Crippen molar-refractivity contribution in [2.75, 3.05) is 0 Å². The molecule has 0 heterocycles. The van der Waals surface area contributed by atoms with Crippen LogP contribution < -0.4 is 0 Å². The van der Waals surface area contributed by atoms with Gasteiger partial charge in [-0.15, -0.1) is 0 Å². The molecule has 0 bridgehead atoms. The summed E-state index contributed by atoms with van der Waals surface area (Å²) in [4.78, 5) is 0. The van der Waals surface area contributed by atoms with E-state index in [1.807, 2.05) is 54.6 Å². The minimum absolute atomic E-state index is 0.607. The molecule has 1 N–H and O–H groups in total. The molecule has 0 spiro atoms. The van der Waals surface area contributed by atoms with Crippen LogP contribution in [0.3, 0.4) is 0 Å². The minimum atomic E-state index is -0.607. The van der Waals surface area contributed by atoms with Gasteiger partial charge in [0.05, 0.1) is 0 Å². The van der Waals surface area contributed by atoms with E-state index in [0.717, 1.165) is 28.7 Å². The van der Waals surface area contributed by atoms with Gasteiger partial charge in [-0.1, -0.05) is 91.0 Å². The Balaban J connectivity index is 2.29. The van der Waals surface area contributed by atoms with E-state index in [9.17, 15) is 4.55 Å². The number of benzene rings is 3. The van der Waals surface area contributed by atoms with Gasteiger partial charge in [0.15, 0.2) is 0 Å². The van der Waals surface area contributed by atoms with Crippen molar-refractivity contribution in [2.24, 2.45) is 0 Å². The predicted molar refractivity (Wildman–Crippen MR) is 89.4 cm³/mol. The van der Waals surface area contributed by atoms with Gasteiger partial charge in [0, 0.05) is 12.0 Å². The standard InChI is InChI=1S/C19H16OS/c20-21-19(16-10-4-1-5-11-16,17-12-6-2-7-13-17)18-14-8-3-9-15-18/h1-15,20H. The van der Waals surface area contributed by atoms with Crippen LogP contribution in [0.4, 0.5) is 0 Å². The topological polar surface area (TPSA) is 20.2 Å². The Bertz CT molecular complexity index is 584. The molecule has 0 atom stereocenters. The monoisotopic (exact) mass is 292 g/mol. The van der Waals surface area contributed by atoms with Crippen molar-refractivity contribution in [3.05, 3.63) is 108 Å². The molecule has 0 unspecified atom stereocenters. The maximum absolute atomic E-state index is 10.3. The second kappa shape index (κ2) is 6.17. The van der Waals surface area contributed by atoms with Gasteiger partial charge < -0.3 is 4.55 Å². The average Bonchev–Trinajstić information content (AvgIpc) is 2.59. The van der Waals surface area contributed by atoms with Crippen LogP contribution in [0.15, 0.2) is 91.0 Å². The molecule has 0 aromatic heterocycles. The van der Waals surface area contributed by atoms with Gasteiger partial charge in [0.2, 0.25) is 0 Å². The van der Waals surface area contributed by atoms with Crippen molar-refractivity contribution >= 4 is 12.0 Å². The third kappa shape index (κ3) is 2.48. The van der Waals surface area contributed by atoms with Gasteiger partial charge in [-0.2, -0.15) is 0 Å². The van der Waals surface area contributed by atoms with Crippen molar-refractivity contribution in [1.82, 2.24) is 0 Å². The summed E-state index contributed by atoms with van der Waals surface area (Å²) in [7, 11) is 0. The summed E-state index contributed by atoms with van der Waals surface area (Å²) in [6.07, 6.45) is 0. The van der Waals surface area contributed by atoms with Gasteiger partial charge in [-0.3, -0.25) is 0 Å². The number of hydrogen-bond donors (Lipinski definition) is 1. The van der Waals surface area contributed by atoms with E-state index in [-0.39, 0.29) is 0 Å². The Kier molecular flexibility index (Phi) is 4.09. The summed E-state index contributed by atoms with van der Waals surface area (Å²) in [5, 5.41) is 0. The molecule has 104 valence electrons. The Labute approximate surface area is 129 Å². The Morgan fingerprint density at radius 2 is 0.810 bits per heavy atom. The molecule has 3 rings (SSSR count). The van der Waals surface area contributed by atoms with Crippen LogP contribution in [0.2, 0.25) is 0 Å². The molecule has 0 radical (unpaired) electrons. The SMILES string of the molecule is OSC(c1ccccc1)(c1ccccc1)c1ccccc1. The van der Waals surface area contributed by atoms with Crippen molar-refractivity contribution in [1.29, 1.82) is 0 Å². The van der Waals surface area contributed by atoms with Crippen LogP contribution in [-0.4, -0.2) is 4.55 Å². The van der Waals surface area contributed by atoms with Crippen LogP contribution in [0.25, 0.3) is 0 Å². The van der Waals surface area contributed by atoms with E-state index >= 15 is 0 Å². The zero-order valence-corrected chi connectivity index (χ0v) is 12.3. The van der Waals surface area contributed by atoms with Gasteiger partial charge in [0.25, 0.3) is 0 Å². The van der Waals surface area contributed by atoms with E-state index in [0.29, 0.717) is 0 Å². The van der Waals surface area contributed by atoms with Crippen LogP contribution in [0.1, 0.15) is 16.7 Å². The summed E-state index contributed by atoms with van der Waals surface area (Å²) < 4.78 is 9.65. The lowest BCUT2D eigenvalue weighted by atomic mass is 9.84. The fraction of sp³-hybridized carbons (Fsp3) is 0.0526. The highest BCUT2D eigenvalue weighted by atomic mass is 32.2. The second-order valence-corrected chi connectivity index (χ2v) is 5.67. The Hall–Kier alpha value is -2.03. The largest absolute Gasteiger partial charge is 0.329 e. The highest BCUT2D eigenvalue weighted by Gasteiger charge is 2.37. The molecule has 0 saturated carbocycles. The van der Waals surface area contributed by atoms with E-state index < -0.39 is 4.75 Å². The molecule has 0 amide bonds. The van der Waals surface area contributed by atoms with Gasteiger partial charge in [-0.05, 0) is 16.7 Å². The van der Waals surface area contributed by atoms with Crippen LogP contribution in [-0.2, 0) is 4.75 Å².